The van der Waals surface area contributed by atoms with Gasteiger partial charge in [-0.25, -0.2) is 8.78 Å². The molecular formula is C9H10F2N2O2. The summed E-state index contributed by atoms with van der Waals surface area (Å²) >= 11 is 0. The number of carbonyl (C=O) groups is 1. The highest BCUT2D eigenvalue weighted by Crippen LogP contribution is 2.10. The number of hydrogen-bond acceptors (Lipinski definition) is 3. The molecule has 0 bridgehead atoms. The minimum atomic E-state index is -2.58. The van der Waals surface area contributed by atoms with Gasteiger partial charge in [0.2, 0.25) is 0 Å². The Morgan fingerprint density at radius 2 is 2.27 bits per heavy atom. The largest absolute Gasteiger partial charge is 0.506 e. The molecule has 15 heavy (non-hydrogen) atoms. The standard InChI is InChI=1S/C9H10F2N2O2/c1-13(5-8(10)11)9(15)6-2-7(14)4-12-3-6/h2-4,8,14H,5H2,1H3. The van der Waals surface area contributed by atoms with Gasteiger partial charge in [0.05, 0.1) is 18.3 Å². The molecule has 0 aliphatic rings. The molecule has 0 fully saturated rings. The Kier molecular flexibility index (Phi) is 3.54. The molecule has 0 spiro atoms. The van der Waals surface area contributed by atoms with Gasteiger partial charge in [-0.3, -0.25) is 9.78 Å². The topological polar surface area (TPSA) is 53.4 Å². The zero-order chi connectivity index (χ0) is 11.4. The van der Waals surface area contributed by atoms with Crippen molar-refractivity contribution in [3.8, 4) is 5.75 Å². The van der Waals surface area contributed by atoms with Crippen LogP contribution in [0.2, 0.25) is 0 Å². The summed E-state index contributed by atoms with van der Waals surface area (Å²) in [4.78, 5) is 15.9. The molecule has 1 rings (SSSR count). The number of carbonyl (C=O) groups excluding carboxylic acids is 1. The zero-order valence-electron chi connectivity index (χ0n) is 8.02. The predicted octanol–water partition coefficient (Wildman–Crippen LogP) is 1.12. The van der Waals surface area contributed by atoms with E-state index >= 15 is 0 Å². The normalized spacial score (nSPS) is 10.4. The second-order valence-electron chi connectivity index (χ2n) is 3.01. The van der Waals surface area contributed by atoms with E-state index in [-0.39, 0.29) is 11.3 Å². The average Bonchev–Trinajstić information content (AvgIpc) is 2.15. The first-order valence-electron chi connectivity index (χ1n) is 4.18. The average molecular weight is 216 g/mol. The van der Waals surface area contributed by atoms with Crippen LogP contribution in [0.3, 0.4) is 0 Å². The van der Waals surface area contributed by atoms with E-state index in [1.54, 1.807) is 0 Å². The molecule has 6 heteroatoms. The van der Waals surface area contributed by atoms with Gasteiger partial charge in [0.1, 0.15) is 5.75 Å². The van der Waals surface area contributed by atoms with Crippen LogP contribution in [0.15, 0.2) is 18.5 Å². The highest BCUT2D eigenvalue weighted by molar-refractivity contribution is 5.94. The monoisotopic (exact) mass is 216 g/mol. The van der Waals surface area contributed by atoms with Crippen LogP contribution < -0.4 is 0 Å². The number of pyridine rings is 1. The van der Waals surface area contributed by atoms with Crippen molar-refractivity contribution >= 4 is 5.91 Å². The fourth-order valence-corrected chi connectivity index (χ4v) is 1.06. The molecule has 1 N–H and O–H groups in total. The first-order chi connectivity index (χ1) is 7.00. The summed E-state index contributed by atoms with van der Waals surface area (Å²) < 4.78 is 24.0. The molecule has 0 aliphatic heterocycles. The van der Waals surface area contributed by atoms with Crippen molar-refractivity contribution in [1.82, 2.24) is 9.88 Å². The van der Waals surface area contributed by atoms with Crippen LogP contribution in [0.4, 0.5) is 8.78 Å². The quantitative estimate of drug-likeness (QED) is 0.823. The van der Waals surface area contributed by atoms with Crippen molar-refractivity contribution in [2.45, 2.75) is 6.43 Å². The molecule has 0 saturated heterocycles. The summed E-state index contributed by atoms with van der Waals surface area (Å²) in [5.41, 5.74) is 0.0816. The molecule has 82 valence electrons. The molecule has 4 nitrogen and oxygen atoms in total. The second-order valence-corrected chi connectivity index (χ2v) is 3.01. The van der Waals surface area contributed by atoms with E-state index in [1.807, 2.05) is 0 Å². The van der Waals surface area contributed by atoms with E-state index in [0.717, 1.165) is 11.1 Å². The summed E-state index contributed by atoms with van der Waals surface area (Å²) in [6, 6.07) is 1.18. The van der Waals surface area contributed by atoms with Gasteiger partial charge in [-0.1, -0.05) is 0 Å². The predicted molar refractivity (Wildman–Crippen MR) is 48.9 cm³/mol. The summed E-state index contributed by atoms with van der Waals surface area (Å²) in [6.45, 7) is -0.644. The van der Waals surface area contributed by atoms with Crippen molar-refractivity contribution in [2.24, 2.45) is 0 Å². The first-order valence-corrected chi connectivity index (χ1v) is 4.18. The highest BCUT2D eigenvalue weighted by atomic mass is 19.3. The lowest BCUT2D eigenvalue weighted by atomic mass is 10.2. The number of rotatable bonds is 3. The van der Waals surface area contributed by atoms with Crippen molar-refractivity contribution in [2.75, 3.05) is 13.6 Å². The number of halogens is 2. The second kappa shape index (κ2) is 4.68. The van der Waals surface area contributed by atoms with Gasteiger partial charge < -0.3 is 10.0 Å². The third kappa shape index (κ3) is 3.16. The van der Waals surface area contributed by atoms with Gasteiger partial charge in [0.25, 0.3) is 12.3 Å². The van der Waals surface area contributed by atoms with Crippen molar-refractivity contribution < 1.29 is 18.7 Å². The Morgan fingerprint density at radius 3 is 2.80 bits per heavy atom. The Morgan fingerprint density at radius 1 is 1.60 bits per heavy atom. The lowest BCUT2D eigenvalue weighted by Gasteiger charge is -2.16. The van der Waals surface area contributed by atoms with Gasteiger partial charge in [0, 0.05) is 13.2 Å². The van der Waals surface area contributed by atoms with Gasteiger partial charge in [-0.15, -0.1) is 0 Å². The van der Waals surface area contributed by atoms with Gasteiger partial charge in [-0.05, 0) is 6.07 Å². The van der Waals surface area contributed by atoms with Crippen LogP contribution in [-0.4, -0.2) is 40.9 Å². The van der Waals surface area contributed by atoms with E-state index in [9.17, 15) is 13.6 Å². The SMILES string of the molecule is CN(CC(F)F)C(=O)c1cncc(O)c1. The number of hydrogen-bond donors (Lipinski definition) is 1. The summed E-state index contributed by atoms with van der Waals surface area (Å²) in [6.07, 6.45) is -0.210. The fraction of sp³-hybridized carbons (Fsp3) is 0.333. The maximum absolute atomic E-state index is 12.0. The molecule has 0 radical (unpaired) electrons. The smallest absolute Gasteiger partial charge is 0.255 e. The minimum Gasteiger partial charge on any atom is -0.506 e. The highest BCUT2D eigenvalue weighted by Gasteiger charge is 2.16. The molecule has 0 atom stereocenters. The first kappa shape index (κ1) is 11.4. The van der Waals surface area contributed by atoms with Crippen molar-refractivity contribution in [3.05, 3.63) is 24.0 Å². The zero-order valence-corrected chi connectivity index (χ0v) is 8.02. The number of nitrogens with zero attached hydrogens (tertiary/aromatic N) is 2. The van der Waals surface area contributed by atoms with Crippen LogP contribution in [0, 0.1) is 0 Å². The number of amides is 1. The molecule has 1 aromatic heterocycles. The van der Waals surface area contributed by atoms with E-state index in [2.05, 4.69) is 4.98 Å². The Hall–Kier alpha value is -1.72. The summed E-state index contributed by atoms with van der Waals surface area (Å²) in [5.74, 6) is -0.773. The van der Waals surface area contributed by atoms with E-state index in [0.29, 0.717) is 0 Å². The fourth-order valence-electron chi connectivity index (χ4n) is 1.06. The number of aromatic nitrogens is 1. The minimum absolute atomic E-state index is 0.0816. The lowest BCUT2D eigenvalue weighted by Crippen LogP contribution is -2.31. The number of aromatic hydroxyl groups is 1. The molecular weight excluding hydrogens is 206 g/mol. The van der Waals surface area contributed by atoms with Gasteiger partial charge in [0.15, 0.2) is 0 Å². The molecule has 1 heterocycles. The Labute approximate surface area is 85.2 Å². The molecule has 0 saturated carbocycles. The van der Waals surface area contributed by atoms with Crippen LogP contribution in [-0.2, 0) is 0 Å². The Bertz CT molecular complexity index is 358. The maximum Gasteiger partial charge on any atom is 0.255 e. The van der Waals surface area contributed by atoms with E-state index < -0.39 is 18.9 Å². The van der Waals surface area contributed by atoms with Crippen LogP contribution >= 0.6 is 0 Å². The van der Waals surface area contributed by atoms with Crippen LogP contribution in [0.1, 0.15) is 10.4 Å². The van der Waals surface area contributed by atoms with E-state index in [1.165, 1.54) is 19.3 Å². The Balaban J connectivity index is 2.76. The molecule has 0 unspecified atom stereocenters. The maximum atomic E-state index is 12.0. The van der Waals surface area contributed by atoms with Gasteiger partial charge in [-0.2, -0.15) is 0 Å². The summed E-state index contributed by atoms with van der Waals surface area (Å²) in [7, 11) is 1.26. The molecule has 0 aliphatic carbocycles. The summed E-state index contributed by atoms with van der Waals surface area (Å²) in [5, 5.41) is 9.04. The van der Waals surface area contributed by atoms with Crippen molar-refractivity contribution in [1.29, 1.82) is 0 Å². The van der Waals surface area contributed by atoms with Crippen LogP contribution in [0.25, 0.3) is 0 Å². The lowest BCUT2D eigenvalue weighted by molar-refractivity contribution is 0.0619. The molecule has 1 amide bonds. The van der Waals surface area contributed by atoms with Crippen molar-refractivity contribution in [3.63, 3.8) is 0 Å². The molecule has 1 aromatic rings. The van der Waals surface area contributed by atoms with Crippen LogP contribution in [0.5, 0.6) is 5.75 Å². The number of alkyl halides is 2. The third-order valence-electron chi connectivity index (χ3n) is 1.73. The van der Waals surface area contributed by atoms with Gasteiger partial charge >= 0.3 is 0 Å². The molecule has 0 aromatic carbocycles. The third-order valence-corrected chi connectivity index (χ3v) is 1.73. The van der Waals surface area contributed by atoms with E-state index in [4.69, 9.17) is 5.11 Å².